The second-order valence-corrected chi connectivity index (χ2v) is 8.06. The molecule has 0 bridgehead atoms. The highest BCUT2D eigenvalue weighted by Gasteiger charge is 2.24. The zero-order chi connectivity index (χ0) is 21.8. The smallest absolute Gasteiger partial charge is 0.242 e. The zero-order valence-corrected chi connectivity index (χ0v) is 18.1. The molecule has 0 spiro atoms. The molecule has 1 aliphatic rings. The summed E-state index contributed by atoms with van der Waals surface area (Å²) in [4.78, 5) is 29.8. The van der Waals surface area contributed by atoms with Crippen LogP contribution in [0.4, 0.5) is 5.69 Å². The van der Waals surface area contributed by atoms with E-state index in [1.807, 2.05) is 48.2 Å². The Kier molecular flexibility index (Phi) is 6.26. The standard InChI is InChI=1S/C25H28N2O4/c1-18-6-8-20(9-7-18)27(16-25(29)26-12-4-3-5-13-26)24(28)14-19-17-31-23-15-21(30-2)10-11-22(19)23/h6-11,15,17H,3-5,12-14,16H2,1-2H3. The van der Waals surface area contributed by atoms with Crippen molar-refractivity contribution in [3.63, 3.8) is 0 Å². The largest absolute Gasteiger partial charge is 0.497 e. The molecule has 0 saturated carbocycles. The van der Waals surface area contributed by atoms with E-state index in [0.29, 0.717) is 11.3 Å². The Bertz CT molecular complexity index is 1060. The summed E-state index contributed by atoms with van der Waals surface area (Å²) in [6, 6.07) is 13.3. The maximum atomic E-state index is 13.4. The van der Waals surface area contributed by atoms with Crippen molar-refractivity contribution in [1.82, 2.24) is 4.90 Å². The van der Waals surface area contributed by atoms with Crippen LogP contribution in [0.2, 0.25) is 0 Å². The third kappa shape index (κ3) is 4.74. The lowest BCUT2D eigenvalue weighted by molar-refractivity contribution is -0.132. The van der Waals surface area contributed by atoms with Crippen molar-refractivity contribution in [1.29, 1.82) is 0 Å². The van der Waals surface area contributed by atoms with Crippen LogP contribution < -0.4 is 9.64 Å². The molecule has 6 heteroatoms. The van der Waals surface area contributed by atoms with E-state index in [0.717, 1.165) is 54.6 Å². The van der Waals surface area contributed by atoms with Crippen molar-refractivity contribution in [2.75, 3.05) is 31.6 Å². The molecule has 0 aliphatic carbocycles. The number of ether oxygens (including phenoxy) is 1. The van der Waals surface area contributed by atoms with E-state index in [4.69, 9.17) is 9.15 Å². The van der Waals surface area contributed by atoms with Gasteiger partial charge in [-0.15, -0.1) is 0 Å². The first-order valence-corrected chi connectivity index (χ1v) is 10.7. The van der Waals surface area contributed by atoms with Crippen molar-refractivity contribution in [3.05, 3.63) is 59.9 Å². The van der Waals surface area contributed by atoms with Gasteiger partial charge in [-0.25, -0.2) is 0 Å². The van der Waals surface area contributed by atoms with Gasteiger partial charge in [0.05, 0.1) is 19.8 Å². The Labute approximate surface area is 182 Å². The molecule has 1 saturated heterocycles. The SMILES string of the molecule is COc1ccc2c(CC(=O)N(CC(=O)N3CCCCC3)c3ccc(C)cc3)coc2c1. The minimum atomic E-state index is -0.132. The fourth-order valence-corrected chi connectivity index (χ4v) is 4.01. The zero-order valence-electron chi connectivity index (χ0n) is 18.1. The molecule has 1 fully saturated rings. The van der Waals surface area contributed by atoms with Gasteiger partial charge in [0.2, 0.25) is 11.8 Å². The molecule has 4 rings (SSSR count). The van der Waals surface area contributed by atoms with Crippen LogP contribution in [0, 0.1) is 6.92 Å². The minimum Gasteiger partial charge on any atom is -0.497 e. The van der Waals surface area contributed by atoms with Crippen LogP contribution in [0.3, 0.4) is 0 Å². The molecular weight excluding hydrogens is 392 g/mol. The molecule has 2 amide bonds. The first-order chi connectivity index (χ1) is 15.0. The Balaban J connectivity index is 1.57. The lowest BCUT2D eigenvalue weighted by Gasteiger charge is -2.30. The number of rotatable bonds is 6. The number of carbonyl (C=O) groups excluding carboxylic acids is 2. The van der Waals surface area contributed by atoms with Crippen LogP contribution in [-0.2, 0) is 16.0 Å². The predicted molar refractivity (Wildman–Crippen MR) is 120 cm³/mol. The van der Waals surface area contributed by atoms with E-state index in [9.17, 15) is 9.59 Å². The second-order valence-electron chi connectivity index (χ2n) is 8.06. The number of likely N-dealkylation sites (tertiary alicyclic amines) is 1. The van der Waals surface area contributed by atoms with Crippen LogP contribution in [0.25, 0.3) is 11.0 Å². The summed E-state index contributed by atoms with van der Waals surface area (Å²) < 4.78 is 10.9. The van der Waals surface area contributed by atoms with Crippen LogP contribution in [-0.4, -0.2) is 43.5 Å². The number of piperidine rings is 1. The molecule has 1 aromatic heterocycles. The first-order valence-electron chi connectivity index (χ1n) is 10.7. The number of hydrogen-bond acceptors (Lipinski definition) is 4. The predicted octanol–water partition coefficient (Wildman–Crippen LogP) is 4.34. The summed E-state index contributed by atoms with van der Waals surface area (Å²) in [5, 5.41) is 0.875. The highest BCUT2D eigenvalue weighted by molar-refractivity contribution is 6.01. The summed E-state index contributed by atoms with van der Waals surface area (Å²) in [6.45, 7) is 3.58. The third-order valence-corrected chi connectivity index (χ3v) is 5.85. The minimum absolute atomic E-state index is 0.00425. The number of fused-ring (bicyclic) bond motifs is 1. The number of carbonyl (C=O) groups is 2. The van der Waals surface area contributed by atoms with E-state index in [-0.39, 0.29) is 24.8 Å². The number of aryl methyl sites for hydroxylation is 1. The van der Waals surface area contributed by atoms with Gasteiger partial charge < -0.3 is 19.0 Å². The maximum Gasteiger partial charge on any atom is 0.242 e. The number of furan rings is 1. The van der Waals surface area contributed by atoms with Crippen molar-refractivity contribution in [2.24, 2.45) is 0 Å². The normalized spacial score (nSPS) is 13.9. The summed E-state index contributed by atoms with van der Waals surface area (Å²) in [7, 11) is 1.60. The van der Waals surface area contributed by atoms with E-state index in [1.54, 1.807) is 24.3 Å². The van der Waals surface area contributed by atoms with Gasteiger partial charge in [0.25, 0.3) is 0 Å². The molecule has 3 aromatic rings. The third-order valence-electron chi connectivity index (χ3n) is 5.85. The molecule has 1 aliphatic heterocycles. The van der Waals surface area contributed by atoms with Crippen molar-refractivity contribution >= 4 is 28.5 Å². The van der Waals surface area contributed by atoms with Gasteiger partial charge in [0.1, 0.15) is 17.9 Å². The molecule has 2 heterocycles. The van der Waals surface area contributed by atoms with Gasteiger partial charge in [-0.05, 0) is 50.5 Å². The number of anilines is 1. The van der Waals surface area contributed by atoms with Gasteiger partial charge >= 0.3 is 0 Å². The molecule has 162 valence electrons. The molecule has 0 radical (unpaired) electrons. The highest BCUT2D eigenvalue weighted by atomic mass is 16.5. The average Bonchev–Trinajstić information content (AvgIpc) is 3.20. The van der Waals surface area contributed by atoms with E-state index in [2.05, 4.69) is 0 Å². The number of amides is 2. The summed E-state index contributed by atoms with van der Waals surface area (Å²) >= 11 is 0. The second kappa shape index (κ2) is 9.25. The number of hydrogen-bond donors (Lipinski definition) is 0. The summed E-state index contributed by atoms with van der Waals surface area (Å²) in [5.41, 5.74) is 3.31. The van der Waals surface area contributed by atoms with Gasteiger partial charge in [-0.1, -0.05) is 17.7 Å². The number of benzene rings is 2. The van der Waals surface area contributed by atoms with Gasteiger partial charge in [-0.2, -0.15) is 0 Å². The van der Waals surface area contributed by atoms with Crippen LogP contribution >= 0.6 is 0 Å². The molecular formula is C25H28N2O4. The molecule has 0 atom stereocenters. The Hall–Kier alpha value is -3.28. The maximum absolute atomic E-state index is 13.4. The summed E-state index contributed by atoms with van der Waals surface area (Å²) in [6.07, 6.45) is 4.97. The van der Waals surface area contributed by atoms with E-state index < -0.39 is 0 Å². The van der Waals surface area contributed by atoms with Gasteiger partial charge in [0.15, 0.2) is 0 Å². The molecule has 31 heavy (non-hydrogen) atoms. The molecule has 0 N–H and O–H groups in total. The van der Waals surface area contributed by atoms with Crippen LogP contribution in [0.15, 0.2) is 53.1 Å². The van der Waals surface area contributed by atoms with E-state index >= 15 is 0 Å². The Morgan fingerprint density at radius 2 is 1.81 bits per heavy atom. The summed E-state index contributed by atoms with van der Waals surface area (Å²) in [5.74, 6) is 0.566. The average molecular weight is 421 g/mol. The fourth-order valence-electron chi connectivity index (χ4n) is 4.01. The fraction of sp³-hybridized carbons (Fsp3) is 0.360. The van der Waals surface area contributed by atoms with E-state index in [1.165, 1.54) is 0 Å². The molecule has 0 unspecified atom stereocenters. The lowest BCUT2D eigenvalue weighted by atomic mass is 10.1. The van der Waals surface area contributed by atoms with Crippen molar-refractivity contribution in [3.8, 4) is 5.75 Å². The van der Waals surface area contributed by atoms with Gasteiger partial charge in [0, 0.05) is 35.8 Å². The van der Waals surface area contributed by atoms with Crippen molar-refractivity contribution in [2.45, 2.75) is 32.6 Å². The van der Waals surface area contributed by atoms with Crippen LogP contribution in [0.5, 0.6) is 5.75 Å². The van der Waals surface area contributed by atoms with Crippen LogP contribution in [0.1, 0.15) is 30.4 Å². The number of methoxy groups -OCH3 is 1. The van der Waals surface area contributed by atoms with Gasteiger partial charge in [-0.3, -0.25) is 9.59 Å². The Morgan fingerprint density at radius 3 is 2.52 bits per heavy atom. The lowest BCUT2D eigenvalue weighted by Crippen LogP contribution is -2.45. The Morgan fingerprint density at radius 1 is 1.06 bits per heavy atom. The molecule has 6 nitrogen and oxygen atoms in total. The first kappa shape index (κ1) is 21.0. The molecule has 2 aromatic carbocycles. The number of nitrogens with zero attached hydrogens (tertiary/aromatic N) is 2. The topological polar surface area (TPSA) is 63.0 Å². The van der Waals surface area contributed by atoms with Crippen molar-refractivity contribution < 1.29 is 18.7 Å². The highest BCUT2D eigenvalue weighted by Crippen LogP contribution is 2.27. The monoisotopic (exact) mass is 420 g/mol. The quantitative estimate of drug-likeness (QED) is 0.595.